The van der Waals surface area contributed by atoms with Crippen molar-refractivity contribution < 1.29 is 14.3 Å². The van der Waals surface area contributed by atoms with Crippen molar-refractivity contribution in [3.05, 3.63) is 81.6 Å². The van der Waals surface area contributed by atoms with Crippen LogP contribution in [0.3, 0.4) is 0 Å². The zero-order valence-electron chi connectivity index (χ0n) is 15.5. The molecule has 0 aliphatic carbocycles. The van der Waals surface area contributed by atoms with Gasteiger partial charge >= 0.3 is 5.97 Å². The third-order valence-electron chi connectivity index (χ3n) is 4.23. The first-order chi connectivity index (χ1) is 13.0. The number of nitrogens with zero attached hydrogens (tertiary/aromatic N) is 2. The van der Waals surface area contributed by atoms with Crippen molar-refractivity contribution in [2.45, 2.75) is 27.0 Å². The van der Waals surface area contributed by atoms with Gasteiger partial charge in [0.2, 0.25) is 0 Å². The minimum atomic E-state index is -0.490. The lowest BCUT2D eigenvalue weighted by atomic mass is 10.1. The van der Waals surface area contributed by atoms with Crippen LogP contribution < -0.4 is 4.74 Å². The van der Waals surface area contributed by atoms with Crippen LogP contribution in [-0.4, -0.2) is 22.9 Å². The molecule has 5 nitrogen and oxygen atoms in total. The molecule has 140 valence electrons. The van der Waals surface area contributed by atoms with E-state index in [-0.39, 0.29) is 11.8 Å². The van der Waals surface area contributed by atoms with Gasteiger partial charge in [-0.2, -0.15) is 5.10 Å². The number of carbonyl (C=O) groups is 1. The van der Waals surface area contributed by atoms with Crippen molar-refractivity contribution in [2.75, 3.05) is 7.11 Å². The number of benzene rings is 2. The monoisotopic (exact) mass is 384 g/mol. The van der Waals surface area contributed by atoms with E-state index < -0.39 is 5.97 Å². The summed E-state index contributed by atoms with van der Waals surface area (Å²) < 4.78 is 12.2. The van der Waals surface area contributed by atoms with Crippen LogP contribution in [0.2, 0.25) is 5.15 Å². The van der Waals surface area contributed by atoms with E-state index >= 15 is 0 Å². The Morgan fingerprint density at radius 2 is 1.85 bits per heavy atom. The zero-order valence-corrected chi connectivity index (χ0v) is 16.3. The molecule has 0 unspecified atom stereocenters. The van der Waals surface area contributed by atoms with Crippen molar-refractivity contribution >= 4 is 17.6 Å². The molecule has 3 rings (SSSR count). The Morgan fingerprint density at radius 3 is 2.56 bits per heavy atom. The minimum absolute atomic E-state index is 0.134. The molecule has 0 radical (unpaired) electrons. The summed E-state index contributed by atoms with van der Waals surface area (Å²) in [5, 5.41) is 4.68. The van der Waals surface area contributed by atoms with Gasteiger partial charge in [0.25, 0.3) is 0 Å². The number of halogens is 1. The van der Waals surface area contributed by atoms with Gasteiger partial charge in [-0.15, -0.1) is 0 Å². The number of aromatic nitrogens is 2. The lowest BCUT2D eigenvalue weighted by Crippen LogP contribution is -2.07. The first-order valence-corrected chi connectivity index (χ1v) is 8.94. The zero-order chi connectivity index (χ0) is 19.4. The lowest BCUT2D eigenvalue weighted by molar-refractivity contribution is 0.0471. The number of ether oxygens (including phenoxy) is 2. The Kier molecular flexibility index (Phi) is 5.81. The highest BCUT2D eigenvalue weighted by Crippen LogP contribution is 2.23. The second-order valence-corrected chi connectivity index (χ2v) is 6.68. The summed E-state index contributed by atoms with van der Waals surface area (Å²) in [5.74, 6) is 0.221. The van der Waals surface area contributed by atoms with Gasteiger partial charge in [0.05, 0.1) is 19.3 Å². The van der Waals surface area contributed by atoms with E-state index in [1.165, 1.54) is 5.56 Å². The predicted molar refractivity (Wildman–Crippen MR) is 104 cm³/mol. The molecule has 0 spiro atoms. The molecule has 0 aliphatic rings. The molecular formula is C21H21ClN2O3. The van der Waals surface area contributed by atoms with Crippen molar-refractivity contribution in [2.24, 2.45) is 0 Å². The number of rotatable bonds is 6. The number of aryl methyl sites for hydroxylation is 2. The quantitative estimate of drug-likeness (QED) is 0.584. The van der Waals surface area contributed by atoms with Crippen LogP contribution in [0.4, 0.5) is 0 Å². The highest BCUT2D eigenvalue weighted by Gasteiger charge is 2.22. The number of carbonyl (C=O) groups excluding carboxylic acids is 1. The molecule has 6 heteroatoms. The molecule has 27 heavy (non-hydrogen) atoms. The van der Waals surface area contributed by atoms with Gasteiger partial charge in [-0.05, 0) is 37.1 Å². The van der Waals surface area contributed by atoms with Gasteiger partial charge in [-0.25, -0.2) is 9.48 Å². The van der Waals surface area contributed by atoms with E-state index in [4.69, 9.17) is 21.1 Å². The van der Waals surface area contributed by atoms with E-state index in [0.717, 1.165) is 11.1 Å². The van der Waals surface area contributed by atoms with Crippen molar-refractivity contribution in [3.8, 4) is 5.75 Å². The van der Waals surface area contributed by atoms with Gasteiger partial charge in [0.1, 0.15) is 23.1 Å². The Balaban J connectivity index is 1.73. The van der Waals surface area contributed by atoms with Crippen molar-refractivity contribution in [1.82, 2.24) is 9.78 Å². The molecule has 0 saturated carbocycles. The maximum atomic E-state index is 12.5. The van der Waals surface area contributed by atoms with Gasteiger partial charge in [0, 0.05) is 0 Å². The summed E-state index contributed by atoms with van der Waals surface area (Å²) in [6, 6.07) is 15.5. The molecule has 0 N–H and O–H groups in total. The second kappa shape index (κ2) is 8.27. The molecule has 3 aromatic rings. The maximum absolute atomic E-state index is 12.5. The predicted octanol–water partition coefficient (Wildman–Crippen LogP) is 4.57. The van der Waals surface area contributed by atoms with E-state index in [2.05, 4.69) is 5.10 Å². The molecule has 0 aliphatic heterocycles. The van der Waals surface area contributed by atoms with Crippen LogP contribution in [0.1, 0.15) is 32.7 Å². The van der Waals surface area contributed by atoms with Gasteiger partial charge < -0.3 is 9.47 Å². The van der Waals surface area contributed by atoms with Crippen LogP contribution in [0.25, 0.3) is 0 Å². The van der Waals surface area contributed by atoms with Gasteiger partial charge in [0.15, 0.2) is 0 Å². The normalized spacial score (nSPS) is 10.7. The summed E-state index contributed by atoms with van der Waals surface area (Å²) in [4.78, 5) is 12.5. The fraction of sp³-hybridized carbons (Fsp3) is 0.238. The van der Waals surface area contributed by atoms with Crippen LogP contribution >= 0.6 is 11.6 Å². The third kappa shape index (κ3) is 4.49. The molecule has 0 fully saturated rings. The van der Waals surface area contributed by atoms with E-state index in [0.29, 0.717) is 23.6 Å². The van der Waals surface area contributed by atoms with E-state index in [1.807, 2.05) is 55.5 Å². The summed E-state index contributed by atoms with van der Waals surface area (Å²) in [5.41, 5.74) is 3.92. The average molecular weight is 385 g/mol. The number of methoxy groups -OCH3 is 1. The molecule has 0 bridgehead atoms. The van der Waals surface area contributed by atoms with E-state index in [9.17, 15) is 4.79 Å². The summed E-state index contributed by atoms with van der Waals surface area (Å²) >= 11 is 6.41. The molecule has 2 aromatic carbocycles. The molecule has 0 atom stereocenters. The highest BCUT2D eigenvalue weighted by molar-refractivity contribution is 6.32. The number of hydrogen-bond acceptors (Lipinski definition) is 4. The highest BCUT2D eigenvalue weighted by atomic mass is 35.5. The van der Waals surface area contributed by atoms with Crippen LogP contribution in [-0.2, 0) is 17.9 Å². The number of esters is 1. The van der Waals surface area contributed by atoms with Crippen LogP contribution in [0.5, 0.6) is 5.75 Å². The van der Waals surface area contributed by atoms with Crippen LogP contribution in [0, 0.1) is 13.8 Å². The summed E-state index contributed by atoms with van der Waals surface area (Å²) in [6.07, 6.45) is 0. The van der Waals surface area contributed by atoms with E-state index in [1.54, 1.807) is 18.7 Å². The Hall–Kier alpha value is -2.79. The van der Waals surface area contributed by atoms with Gasteiger partial charge in [-0.3, -0.25) is 0 Å². The summed E-state index contributed by atoms with van der Waals surface area (Å²) in [7, 11) is 1.59. The molecule has 0 saturated heterocycles. The maximum Gasteiger partial charge on any atom is 0.343 e. The average Bonchev–Trinajstić information content (AvgIpc) is 2.95. The van der Waals surface area contributed by atoms with Gasteiger partial charge in [-0.1, -0.05) is 53.6 Å². The third-order valence-corrected chi connectivity index (χ3v) is 4.61. The van der Waals surface area contributed by atoms with Crippen molar-refractivity contribution in [3.63, 3.8) is 0 Å². The number of hydrogen-bond donors (Lipinski definition) is 0. The first-order valence-electron chi connectivity index (χ1n) is 8.56. The fourth-order valence-electron chi connectivity index (χ4n) is 2.74. The van der Waals surface area contributed by atoms with Crippen LogP contribution in [0.15, 0.2) is 48.5 Å². The SMILES string of the molecule is COc1cccc(COC(=O)c2c(C)nn(Cc3ccc(C)cc3)c2Cl)c1. The first kappa shape index (κ1) is 19.0. The standard InChI is InChI=1S/C21H21ClN2O3/c1-14-7-9-16(10-8-14)12-24-20(22)19(15(2)23-24)21(25)27-13-17-5-4-6-18(11-17)26-3/h4-11H,12-13H2,1-3H3. The molecule has 1 aromatic heterocycles. The molecule has 1 heterocycles. The second-order valence-electron chi connectivity index (χ2n) is 6.32. The Bertz CT molecular complexity index is 949. The Labute approximate surface area is 163 Å². The van der Waals surface area contributed by atoms with Crippen molar-refractivity contribution in [1.29, 1.82) is 0 Å². The molecule has 0 amide bonds. The topological polar surface area (TPSA) is 53.4 Å². The minimum Gasteiger partial charge on any atom is -0.497 e. The smallest absolute Gasteiger partial charge is 0.343 e. The molecular weight excluding hydrogens is 364 g/mol. The lowest BCUT2D eigenvalue weighted by Gasteiger charge is -2.07. The Morgan fingerprint density at radius 1 is 1.11 bits per heavy atom. The summed E-state index contributed by atoms with van der Waals surface area (Å²) in [6.45, 7) is 4.41. The largest absolute Gasteiger partial charge is 0.497 e. The fourth-order valence-corrected chi connectivity index (χ4v) is 3.05.